The number of nitrogens with one attached hydrogen (secondary N) is 3. The Bertz CT molecular complexity index is 764. The molecule has 1 amide bonds. The second-order valence-electron chi connectivity index (χ2n) is 5.74. The van der Waals surface area contributed by atoms with Crippen molar-refractivity contribution in [1.29, 1.82) is 0 Å². The lowest BCUT2D eigenvalue weighted by molar-refractivity contribution is -0.115. The standard InChI is InChI=1S/C19H22F2N4O2/c1-13(27-17-9-5-15(21)6-10-17)11-23-19(22-2)24-12-18(26)25-16-7-3-14(20)4-8-16/h3-10,13H,11-12H2,1-2H3,(H,25,26)(H2,22,23,24). The monoisotopic (exact) mass is 376 g/mol. The van der Waals surface area contributed by atoms with Crippen LogP contribution in [0.2, 0.25) is 0 Å². The summed E-state index contributed by atoms with van der Waals surface area (Å²) in [6.45, 7) is 2.27. The number of halogens is 2. The van der Waals surface area contributed by atoms with Gasteiger partial charge in [-0.25, -0.2) is 8.78 Å². The van der Waals surface area contributed by atoms with E-state index in [1.54, 1.807) is 19.2 Å². The van der Waals surface area contributed by atoms with Crippen LogP contribution in [0.5, 0.6) is 5.75 Å². The minimum absolute atomic E-state index is 0.00967. The molecule has 0 aliphatic carbocycles. The Morgan fingerprint density at radius 1 is 1.04 bits per heavy atom. The van der Waals surface area contributed by atoms with Gasteiger partial charge >= 0.3 is 0 Å². The number of benzene rings is 2. The van der Waals surface area contributed by atoms with Crippen molar-refractivity contribution >= 4 is 17.6 Å². The third-order valence-electron chi connectivity index (χ3n) is 3.48. The molecule has 1 unspecified atom stereocenters. The number of carbonyl (C=O) groups excluding carboxylic acids is 1. The molecule has 2 aromatic rings. The predicted octanol–water partition coefficient (Wildman–Crippen LogP) is 2.54. The molecule has 0 spiro atoms. The molecule has 2 rings (SSSR count). The normalized spacial score (nSPS) is 12.2. The summed E-state index contributed by atoms with van der Waals surface area (Å²) < 4.78 is 31.4. The Balaban J connectivity index is 1.72. The summed E-state index contributed by atoms with van der Waals surface area (Å²) in [5, 5.41) is 8.56. The average Bonchev–Trinajstić information content (AvgIpc) is 2.65. The molecule has 0 fully saturated rings. The summed E-state index contributed by atoms with van der Waals surface area (Å²) in [5.41, 5.74) is 0.507. The first-order valence-corrected chi connectivity index (χ1v) is 8.38. The molecule has 0 heterocycles. The van der Waals surface area contributed by atoms with Crippen LogP contribution in [0.25, 0.3) is 0 Å². The van der Waals surface area contributed by atoms with Gasteiger partial charge in [0.05, 0.1) is 13.1 Å². The lowest BCUT2D eigenvalue weighted by Gasteiger charge is -2.17. The van der Waals surface area contributed by atoms with Gasteiger partial charge in [0.15, 0.2) is 5.96 Å². The molecule has 0 saturated heterocycles. The number of hydrogen-bond acceptors (Lipinski definition) is 3. The van der Waals surface area contributed by atoms with Crippen molar-refractivity contribution in [1.82, 2.24) is 10.6 Å². The third-order valence-corrected chi connectivity index (χ3v) is 3.48. The van der Waals surface area contributed by atoms with E-state index < -0.39 is 0 Å². The SMILES string of the molecule is CN=C(NCC(=O)Nc1ccc(F)cc1)NCC(C)Oc1ccc(F)cc1. The van der Waals surface area contributed by atoms with Crippen LogP contribution in [0.1, 0.15) is 6.92 Å². The van der Waals surface area contributed by atoms with Crippen molar-refractivity contribution in [3.8, 4) is 5.75 Å². The molecule has 0 aromatic heterocycles. The van der Waals surface area contributed by atoms with Crippen LogP contribution in [0, 0.1) is 11.6 Å². The molecule has 0 saturated carbocycles. The average molecular weight is 376 g/mol. The lowest BCUT2D eigenvalue weighted by atomic mass is 10.3. The smallest absolute Gasteiger partial charge is 0.243 e. The lowest BCUT2D eigenvalue weighted by Crippen LogP contribution is -2.44. The second-order valence-corrected chi connectivity index (χ2v) is 5.74. The first-order valence-electron chi connectivity index (χ1n) is 8.38. The highest BCUT2D eigenvalue weighted by Gasteiger charge is 2.08. The first-order chi connectivity index (χ1) is 13.0. The zero-order valence-corrected chi connectivity index (χ0v) is 15.1. The van der Waals surface area contributed by atoms with Crippen LogP contribution in [0.3, 0.4) is 0 Å². The van der Waals surface area contributed by atoms with Crippen molar-refractivity contribution in [3.05, 3.63) is 60.2 Å². The summed E-state index contributed by atoms with van der Waals surface area (Å²) in [4.78, 5) is 15.9. The van der Waals surface area contributed by atoms with Crippen LogP contribution < -0.4 is 20.7 Å². The van der Waals surface area contributed by atoms with Crippen LogP contribution in [-0.4, -0.2) is 38.1 Å². The quantitative estimate of drug-likeness (QED) is 0.513. The minimum atomic E-state index is -0.368. The van der Waals surface area contributed by atoms with Crippen molar-refractivity contribution in [2.24, 2.45) is 4.99 Å². The maximum atomic E-state index is 12.9. The molecule has 144 valence electrons. The number of anilines is 1. The summed E-state index contributed by atoms with van der Waals surface area (Å²) >= 11 is 0. The zero-order valence-electron chi connectivity index (χ0n) is 15.1. The molecule has 0 aliphatic rings. The number of aliphatic imine (C=N–C) groups is 1. The molecule has 27 heavy (non-hydrogen) atoms. The van der Waals surface area contributed by atoms with E-state index in [4.69, 9.17) is 4.74 Å². The van der Waals surface area contributed by atoms with E-state index in [2.05, 4.69) is 20.9 Å². The predicted molar refractivity (Wildman–Crippen MR) is 101 cm³/mol. The summed E-state index contributed by atoms with van der Waals surface area (Å²) in [6.07, 6.45) is -0.206. The van der Waals surface area contributed by atoms with Crippen molar-refractivity contribution in [2.45, 2.75) is 13.0 Å². The van der Waals surface area contributed by atoms with Gasteiger partial charge in [0.2, 0.25) is 5.91 Å². The first kappa shape index (κ1) is 20.2. The van der Waals surface area contributed by atoms with Crippen LogP contribution in [0.15, 0.2) is 53.5 Å². The number of ether oxygens (including phenoxy) is 1. The molecule has 0 radical (unpaired) electrons. The van der Waals surface area contributed by atoms with Crippen molar-refractivity contribution in [3.63, 3.8) is 0 Å². The second kappa shape index (κ2) is 10.1. The zero-order chi connectivity index (χ0) is 19.6. The number of amides is 1. The van der Waals surface area contributed by atoms with Gasteiger partial charge < -0.3 is 20.7 Å². The molecular weight excluding hydrogens is 354 g/mol. The fraction of sp³-hybridized carbons (Fsp3) is 0.263. The van der Waals surface area contributed by atoms with E-state index in [1.807, 2.05) is 6.92 Å². The van der Waals surface area contributed by atoms with E-state index in [1.165, 1.54) is 36.4 Å². The largest absolute Gasteiger partial charge is 0.489 e. The van der Waals surface area contributed by atoms with Gasteiger partial charge in [0, 0.05) is 12.7 Å². The topological polar surface area (TPSA) is 74.8 Å². The molecule has 6 nitrogen and oxygen atoms in total. The van der Waals surface area contributed by atoms with Gasteiger partial charge in [-0.15, -0.1) is 0 Å². The Labute approximate surface area is 156 Å². The molecule has 0 aliphatic heterocycles. The van der Waals surface area contributed by atoms with Gasteiger partial charge in [0.1, 0.15) is 23.5 Å². The van der Waals surface area contributed by atoms with E-state index in [0.29, 0.717) is 23.9 Å². The highest BCUT2D eigenvalue weighted by Crippen LogP contribution is 2.12. The van der Waals surface area contributed by atoms with Gasteiger partial charge in [-0.1, -0.05) is 0 Å². The van der Waals surface area contributed by atoms with E-state index in [0.717, 1.165) is 0 Å². The van der Waals surface area contributed by atoms with Crippen molar-refractivity contribution in [2.75, 3.05) is 25.5 Å². The van der Waals surface area contributed by atoms with Gasteiger partial charge in [-0.05, 0) is 55.5 Å². The number of hydrogen-bond donors (Lipinski definition) is 3. The third kappa shape index (κ3) is 7.31. The van der Waals surface area contributed by atoms with Crippen LogP contribution >= 0.6 is 0 Å². The van der Waals surface area contributed by atoms with Crippen LogP contribution in [0.4, 0.5) is 14.5 Å². The van der Waals surface area contributed by atoms with Gasteiger partial charge in [-0.2, -0.15) is 0 Å². The number of guanidine groups is 1. The van der Waals surface area contributed by atoms with Crippen molar-refractivity contribution < 1.29 is 18.3 Å². The highest BCUT2D eigenvalue weighted by molar-refractivity contribution is 5.94. The summed E-state index contributed by atoms with van der Waals surface area (Å²) in [6, 6.07) is 11.3. The van der Waals surface area contributed by atoms with E-state index in [9.17, 15) is 13.6 Å². The van der Waals surface area contributed by atoms with E-state index >= 15 is 0 Å². The Morgan fingerprint density at radius 2 is 1.63 bits per heavy atom. The molecule has 3 N–H and O–H groups in total. The Morgan fingerprint density at radius 3 is 2.22 bits per heavy atom. The maximum absolute atomic E-state index is 12.9. The Hall–Kier alpha value is -3.16. The highest BCUT2D eigenvalue weighted by atomic mass is 19.1. The van der Waals surface area contributed by atoms with Gasteiger partial charge in [0.25, 0.3) is 0 Å². The number of nitrogens with zero attached hydrogens (tertiary/aromatic N) is 1. The number of rotatable bonds is 7. The molecule has 2 aromatic carbocycles. The van der Waals surface area contributed by atoms with E-state index in [-0.39, 0.29) is 30.2 Å². The summed E-state index contributed by atoms with van der Waals surface area (Å²) in [5.74, 6) is 0.00986. The molecule has 0 bridgehead atoms. The fourth-order valence-corrected chi connectivity index (χ4v) is 2.15. The molecular formula is C19H22F2N4O2. The minimum Gasteiger partial charge on any atom is -0.489 e. The Kier molecular flexibility index (Phi) is 7.54. The molecule has 8 heteroatoms. The van der Waals surface area contributed by atoms with Gasteiger partial charge in [-0.3, -0.25) is 9.79 Å². The fourth-order valence-electron chi connectivity index (χ4n) is 2.15. The summed E-state index contributed by atoms with van der Waals surface area (Å²) in [7, 11) is 1.58. The number of carbonyl (C=O) groups is 1. The van der Waals surface area contributed by atoms with Crippen LogP contribution in [-0.2, 0) is 4.79 Å². The maximum Gasteiger partial charge on any atom is 0.243 e. The molecule has 1 atom stereocenters.